The van der Waals surface area contributed by atoms with E-state index < -0.39 is 0 Å². The molecule has 29 heavy (non-hydrogen) atoms. The molecule has 1 aromatic heterocycles. The van der Waals surface area contributed by atoms with E-state index in [-0.39, 0.29) is 5.91 Å². The Hall–Kier alpha value is -2.16. The first kappa shape index (κ1) is 20.1. The quantitative estimate of drug-likeness (QED) is 0.281. The number of hydrogen-bond donors (Lipinski definition) is 1. The Labute approximate surface area is 191 Å². The summed E-state index contributed by atoms with van der Waals surface area (Å²) in [5.74, 6) is 0.677. The van der Waals surface area contributed by atoms with Gasteiger partial charge in [0.25, 0.3) is 5.91 Å². The number of aromatic nitrogens is 1. The van der Waals surface area contributed by atoms with Crippen molar-refractivity contribution in [3.63, 3.8) is 0 Å². The van der Waals surface area contributed by atoms with Crippen molar-refractivity contribution in [3.8, 4) is 17.2 Å². The minimum Gasteiger partial charge on any atom is -0.495 e. The third-order valence-corrected chi connectivity index (χ3v) is 5.95. The summed E-state index contributed by atoms with van der Waals surface area (Å²) in [6.45, 7) is 0. The van der Waals surface area contributed by atoms with Crippen LogP contribution in [0.2, 0.25) is 0 Å². The van der Waals surface area contributed by atoms with Crippen molar-refractivity contribution in [1.29, 1.82) is 0 Å². The van der Waals surface area contributed by atoms with E-state index in [1.165, 1.54) is 7.11 Å². The number of nitrogens with one attached hydrogen (secondary N) is 1. The first-order chi connectivity index (χ1) is 14.0. The molecule has 0 aliphatic carbocycles. The first-order valence-electron chi connectivity index (χ1n) is 8.46. The van der Waals surface area contributed by atoms with Crippen LogP contribution in [0.25, 0.3) is 22.6 Å². The summed E-state index contributed by atoms with van der Waals surface area (Å²) in [5, 5.41) is 2.89. The summed E-state index contributed by atoms with van der Waals surface area (Å²) in [7, 11) is 1.52. The summed E-state index contributed by atoms with van der Waals surface area (Å²) >= 11 is 10.3. The smallest absolute Gasteiger partial charge is 0.259 e. The molecular weight excluding hydrogens is 568 g/mol. The molecule has 0 fully saturated rings. The number of rotatable bonds is 4. The van der Waals surface area contributed by atoms with E-state index in [1.54, 1.807) is 24.3 Å². The highest BCUT2D eigenvalue weighted by atomic mass is 79.9. The first-order valence-corrected chi connectivity index (χ1v) is 10.8. The topological polar surface area (TPSA) is 64.4 Å². The maximum absolute atomic E-state index is 12.8. The van der Waals surface area contributed by atoms with E-state index in [0.29, 0.717) is 38.5 Å². The zero-order chi connectivity index (χ0) is 20.5. The van der Waals surface area contributed by atoms with Gasteiger partial charge in [-0.05, 0) is 74.3 Å². The molecule has 0 radical (unpaired) electrons. The van der Waals surface area contributed by atoms with Gasteiger partial charge in [-0.25, -0.2) is 4.98 Å². The molecule has 0 saturated heterocycles. The van der Waals surface area contributed by atoms with Gasteiger partial charge >= 0.3 is 0 Å². The Morgan fingerprint density at radius 3 is 2.59 bits per heavy atom. The highest BCUT2D eigenvalue weighted by Gasteiger charge is 2.17. The van der Waals surface area contributed by atoms with Gasteiger partial charge in [-0.1, -0.05) is 28.1 Å². The van der Waals surface area contributed by atoms with E-state index in [9.17, 15) is 4.79 Å². The van der Waals surface area contributed by atoms with Crippen molar-refractivity contribution in [2.75, 3.05) is 12.4 Å². The molecule has 4 aromatic rings. The number of halogens is 3. The van der Waals surface area contributed by atoms with E-state index in [2.05, 4.69) is 58.1 Å². The number of methoxy groups -OCH3 is 1. The van der Waals surface area contributed by atoms with Crippen LogP contribution in [0.5, 0.6) is 5.75 Å². The summed E-state index contributed by atoms with van der Waals surface area (Å²) in [6.07, 6.45) is 0. The number of anilines is 1. The zero-order valence-corrected chi connectivity index (χ0v) is 19.8. The van der Waals surface area contributed by atoms with Crippen molar-refractivity contribution in [2.24, 2.45) is 0 Å². The van der Waals surface area contributed by atoms with Crippen molar-refractivity contribution >= 4 is 70.5 Å². The molecular formula is C21H13Br3N2O3. The number of fused-ring (bicyclic) bond motifs is 1. The third kappa shape index (κ3) is 4.10. The second-order valence-electron chi connectivity index (χ2n) is 6.10. The number of amides is 1. The largest absolute Gasteiger partial charge is 0.495 e. The van der Waals surface area contributed by atoms with Crippen LogP contribution in [0.4, 0.5) is 5.69 Å². The van der Waals surface area contributed by atoms with Gasteiger partial charge in [-0.2, -0.15) is 0 Å². The van der Waals surface area contributed by atoms with Gasteiger partial charge in [0.15, 0.2) is 5.58 Å². The molecule has 1 heterocycles. The average molecular weight is 581 g/mol. The number of carbonyl (C=O) groups is 1. The predicted octanol–water partition coefficient (Wildman–Crippen LogP) is 7.04. The van der Waals surface area contributed by atoms with Crippen molar-refractivity contribution < 1.29 is 13.9 Å². The molecule has 1 N–H and O–H groups in total. The highest BCUT2D eigenvalue weighted by Crippen LogP contribution is 2.34. The molecule has 1 amide bonds. The monoisotopic (exact) mass is 578 g/mol. The van der Waals surface area contributed by atoms with Crippen molar-refractivity contribution in [2.45, 2.75) is 0 Å². The van der Waals surface area contributed by atoms with Gasteiger partial charge in [0, 0.05) is 14.6 Å². The van der Waals surface area contributed by atoms with Crippen LogP contribution in [0.1, 0.15) is 10.4 Å². The summed E-state index contributed by atoms with van der Waals surface area (Å²) < 4.78 is 13.6. The molecule has 0 aliphatic rings. The predicted molar refractivity (Wildman–Crippen MR) is 123 cm³/mol. The molecule has 0 spiro atoms. The molecule has 5 nitrogen and oxygen atoms in total. The third-order valence-electron chi connectivity index (χ3n) is 4.21. The van der Waals surface area contributed by atoms with Crippen LogP contribution in [0, 0.1) is 0 Å². The van der Waals surface area contributed by atoms with Crippen LogP contribution in [0.15, 0.2) is 72.4 Å². The molecule has 0 atom stereocenters. The second kappa shape index (κ2) is 8.30. The Balaban J connectivity index is 1.66. The molecule has 0 aliphatic heterocycles. The summed E-state index contributed by atoms with van der Waals surface area (Å²) in [6, 6.07) is 16.6. The maximum Gasteiger partial charge on any atom is 0.259 e. The van der Waals surface area contributed by atoms with Crippen LogP contribution in [-0.2, 0) is 0 Å². The normalized spacial score (nSPS) is 10.9. The minimum absolute atomic E-state index is 0.294. The summed E-state index contributed by atoms with van der Waals surface area (Å²) in [4.78, 5) is 17.4. The Morgan fingerprint density at radius 1 is 1.03 bits per heavy atom. The van der Waals surface area contributed by atoms with E-state index in [1.807, 2.05) is 30.3 Å². The van der Waals surface area contributed by atoms with Gasteiger partial charge in [-0.3, -0.25) is 4.79 Å². The van der Waals surface area contributed by atoms with Gasteiger partial charge in [-0.15, -0.1) is 0 Å². The molecule has 8 heteroatoms. The SMILES string of the molecule is COc1c(Br)cc(Br)cc1C(=O)Nc1ccc2oc(-c3ccccc3Br)nc2c1. The fourth-order valence-electron chi connectivity index (χ4n) is 2.89. The fourth-order valence-corrected chi connectivity index (χ4v) is 4.73. The number of hydrogen-bond acceptors (Lipinski definition) is 4. The average Bonchev–Trinajstić information content (AvgIpc) is 3.10. The van der Waals surface area contributed by atoms with E-state index in [4.69, 9.17) is 9.15 Å². The zero-order valence-electron chi connectivity index (χ0n) is 15.0. The second-order valence-corrected chi connectivity index (χ2v) is 8.73. The van der Waals surface area contributed by atoms with Gasteiger partial charge in [0.1, 0.15) is 11.3 Å². The van der Waals surface area contributed by atoms with Crippen molar-refractivity contribution in [1.82, 2.24) is 4.98 Å². The number of oxazole rings is 1. The number of benzene rings is 3. The van der Waals surface area contributed by atoms with Gasteiger partial charge < -0.3 is 14.5 Å². The summed E-state index contributed by atoms with van der Waals surface area (Å²) in [5.41, 5.74) is 3.15. The van der Waals surface area contributed by atoms with Crippen molar-refractivity contribution in [3.05, 3.63) is 73.6 Å². The molecule has 0 bridgehead atoms. The van der Waals surface area contributed by atoms with Gasteiger partial charge in [0.2, 0.25) is 5.89 Å². The number of ether oxygens (including phenoxy) is 1. The lowest BCUT2D eigenvalue weighted by Gasteiger charge is -2.11. The molecule has 3 aromatic carbocycles. The molecule has 146 valence electrons. The standard InChI is InChI=1S/C21H13Br3N2O3/c1-28-19-14(8-11(22)9-16(19)24)20(27)25-12-6-7-18-17(10-12)26-21(29-18)13-4-2-3-5-15(13)23/h2-10H,1H3,(H,25,27). The lowest BCUT2D eigenvalue weighted by atomic mass is 10.2. The van der Waals surface area contributed by atoms with Crippen LogP contribution in [-0.4, -0.2) is 18.0 Å². The Kier molecular flexibility index (Phi) is 5.76. The highest BCUT2D eigenvalue weighted by molar-refractivity contribution is 9.11. The maximum atomic E-state index is 12.8. The molecule has 0 unspecified atom stereocenters. The van der Waals surface area contributed by atoms with Crippen LogP contribution in [0.3, 0.4) is 0 Å². The van der Waals surface area contributed by atoms with E-state index in [0.717, 1.165) is 14.5 Å². The molecule has 4 rings (SSSR count). The lowest BCUT2D eigenvalue weighted by molar-refractivity contribution is 0.102. The van der Waals surface area contributed by atoms with Crippen LogP contribution < -0.4 is 10.1 Å². The van der Waals surface area contributed by atoms with Crippen LogP contribution >= 0.6 is 47.8 Å². The number of nitrogens with zero attached hydrogens (tertiary/aromatic N) is 1. The number of carbonyl (C=O) groups excluding carboxylic acids is 1. The Morgan fingerprint density at radius 2 is 1.83 bits per heavy atom. The molecule has 0 saturated carbocycles. The fraction of sp³-hybridized carbons (Fsp3) is 0.0476. The Bertz CT molecular complexity index is 1240. The minimum atomic E-state index is -0.294. The van der Waals surface area contributed by atoms with Gasteiger partial charge in [0.05, 0.1) is 22.7 Å². The lowest BCUT2D eigenvalue weighted by Crippen LogP contribution is -2.13. The van der Waals surface area contributed by atoms with E-state index >= 15 is 0 Å².